The molecule has 22 heavy (non-hydrogen) atoms. The summed E-state index contributed by atoms with van der Waals surface area (Å²) in [5.41, 5.74) is 3.73. The molecular weight excluding hydrogens is 274 g/mol. The number of pyridine rings is 1. The molecule has 110 valence electrons. The van der Waals surface area contributed by atoms with Gasteiger partial charge in [0.2, 0.25) is 0 Å². The van der Waals surface area contributed by atoms with Crippen LogP contribution in [0.2, 0.25) is 0 Å². The summed E-state index contributed by atoms with van der Waals surface area (Å²) in [4.78, 5) is 23.8. The van der Waals surface area contributed by atoms with E-state index in [-0.39, 0.29) is 11.7 Å². The van der Waals surface area contributed by atoms with E-state index >= 15 is 0 Å². The lowest BCUT2D eigenvalue weighted by molar-refractivity contribution is 0.0943. The van der Waals surface area contributed by atoms with Crippen molar-refractivity contribution in [3.05, 3.63) is 53.9 Å². The van der Waals surface area contributed by atoms with Gasteiger partial charge in [-0.1, -0.05) is 17.7 Å². The lowest BCUT2D eigenvalue weighted by Crippen LogP contribution is -2.45. The Labute approximate surface area is 129 Å². The Balaban J connectivity index is 1.81. The van der Waals surface area contributed by atoms with Gasteiger partial charge in [0, 0.05) is 24.0 Å². The molecule has 0 radical (unpaired) electrons. The number of nitrogens with zero attached hydrogens (tertiary/aromatic N) is 3. The molecule has 1 aromatic carbocycles. The number of aryl methyl sites for hydroxylation is 1. The Morgan fingerprint density at radius 1 is 1.18 bits per heavy atom. The van der Waals surface area contributed by atoms with Gasteiger partial charge >= 0.3 is 0 Å². The third-order valence-electron chi connectivity index (χ3n) is 4.43. The van der Waals surface area contributed by atoms with E-state index in [9.17, 15) is 4.79 Å². The maximum atomic E-state index is 12.7. The molecule has 2 aliphatic rings. The summed E-state index contributed by atoms with van der Waals surface area (Å²) in [6.07, 6.45) is 5.22. The van der Waals surface area contributed by atoms with Gasteiger partial charge in [0.15, 0.2) is 5.78 Å². The van der Waals surface area contributed by atoms with Crippen molar-refractivity contribution in [3.8, 4) is 0 Å². The highest BCUT2D eigenvalue weighted by atomic mass is 16.1. The van der Waals surface area contributed by atoms with Crippen LogP contribution in [0.25, 0.3) is 0 Å². The second-order valence-corrected chi connectivity index (χ2v) is 5.91. The normalized spacial score (nSPS) is 20.2. The van der Waals surface area contributed by atoms with Crippen molar-refractivity contribution in [1.82, 2.24) is 4.98 Å². The minimum absolute atomic E-state index is 0.120. The smallest absolute Gasteiger partial charge is 0.175 e. The number of piperidine rings is 1. The topological polar surface area (TPSA) is 45.6 Å². The summed E-state index contributed by atoms with van der Waals surface area (Å²) in [5, 5.41) is 0. The molecule has 1 aromatic heterocycles. The largest absolute Gasteiger partial charge is 0.329 e. The molecule has 0 N–H and O–H groups in total. The highest BCUT2D eigenvalue weighted by Gasteiger charge is 2.37. The van der Waals surface area contributed by atoms with E-state index in [4.69, 9.17) is 4.99 Å². The van der Waals surface area contributed by atoms with E-state index in [1.807, 2.05) is 0 Å². The molecule has 4 nitrogen and oxygen atoms in total. The molecule has 1 unspecified atom stereocenters. The highest BCUT2D eigenvalue weighted by Crippen LogP contribution is 2.35. The van der Waals surface area contributed by atoms with Gasteiger partial charge in [0.05, 0.1) is 17.8 Å². The predicted octanol–water partition coefficient (Wildman–Crippen LogP) is 3.53. The number of Topliss-reactive ketones (excluding diaryl/α,β-unsaturated/α-hetero) is 1. The van der Waals surface area contributed by atoms with Crippen LogP contribution in [0.15, 0.2) is 47.7 Å². The Morgan fingerprint density at radius 3 is 2.82 bits per heavy atom. The number of hydrogen-bond donors (Lipinski definition) is 0. The fourth-order valence-corrected chi connectivity index (χ4v) is 3.25. The van der Waals surface area contributed by atoms with Crippen molar-refractivity contribution in [1.29, 1.82) is 0 Å². The average Bonchev–Trinajstić information content (AvgIpc) is 2.56. The van der Waals surface area contributed by atoms with Crippen LogP contribution in [-0.4, -0.2) is 23.1 Å². The van der Waals surface area contributed by atoms with Crippen molar-refractivity contribution in [2.24, 2.45) is 10.9 Å². The number of hydrogen-bond acceptors (Lipinski definition) is 4. The molecule has 0 spiro atoms. The Bertz CT molecular complexity index is 764. The zero-order chi connectivity index (χ0) is 15.1. The van der Waals surface area contributed by atoms with E-state index in [1.54, 1.807) is 18.5 Å². The van der Waals surface area contributed by atoms with Gasteiger partial charge < -0.3 is 4.90 Å². The summed E-state index contributed by atoms with van der Waals surface area (Å²) in [7, 11) is 0. The molecule has 3 heterocycles. The van der Waals surface area contributed by atoms with Crippen molar-refractivity contribution >= 4 is 23.0 Å². The number of carbonyl (C=O) groups excluding carboxylic acids is 1. The van der Waals surface area contributed by atoms with Crippen LogP contribution < -0.4 is 4.90 Å². The fraction of sp³-hybridized carbons (Fsp3) is 0.278. The van der Waals surface area contributed by atoms with Gasteiger partial charge in [-0.05, 0) is 38.0 Å². The molecule has 1 atom stereocenters. The van der Waals surface area contributed by atoms with E-state index in [0.29, 0.717) is 11.3 Å². The fourth-order valence-electron chi connectivity index (χ4n) is 3.25. The standard InChI is InChI=1S/C18H17N3O/c1-12-4-6-13(7-5-12)21-10-2-3-15-17(22)14-8-9-19-11-16(14)20-18(15)21/h4-9,11,15H,2-3,10H2,1H3. The summed E-state index contributed by atoms with van der Waals surface area (Å²) in [5.74, 6) is 0.935. The van der Waals surface area contributed by atoms with Crippen molar-refractivity contribution in [3.63, 3.8) is 0 Å². The first-order valence-corrected chi connectivity index (χ1v) is 7.65. The minimum atomic E-state index is -0.120. The number of rotatable bonds is 1. The van der Waals surface area contributed by atoms with Crippen LogP contribution in [0.4, 0.5) is 11.4 Å². The molecule has 1 saturated heterocycles. The van der Waals surface area contributed by atoms with E-state index in [1.165, 1.54) is 5.56 Å². The Kier molecular flexibility index (Phi) is 3.03. The second-order valence-electron chi connectivity index (χ2n) is 5.91. The van der Waals surface area contributed by atoms with Crippen LogP contribution in [0.5, 0.6) is 0 Å². The van der Waals surface area contributed by atoms with E-state index in [0.717, 1.165) is 30.9 Å². The predicted molar refractivity (Wildman–Crippen MR) is 86.9 cm³/mol. The van der Waals surface area contributed by atoms with E-state index < -0.39 is 0 Å². The SMILES string of the molecule is Cc1ccc(N2CCCC3C(=O)c4ccncc4N=C32)cc1. The molecule has 2 aromatic rings. The number of aromatic nitrogens is 1. The number of benzene rings is 1. The van der Waals surface area contributed by atoms with Gasteiger partial charge in [-0.25, -0.2) is 4.99 Å². The average molecular weight is 291 g/mol. The molecule has 4 heteroatoms. The Morgan fingerprint density at radius 2 is 2.00 bits per heavy atom. The summed E-state index contributed by atoms with van der Waals surface area (Å²) in [6.45, 7) is 2.98. The van der Waals surface area contributed by atoms with Gasteiger partial charge in [0.25, 0.3) is 0 Å². The first kappa shape index (κ1) is 13.2. The van der Waals surface area contributed by atoms with Crippen LogP contribution in [0.3, 0.4) is 0 Å². The van der Waals surface area contributed by atoms with Gasteiger partial charge in [0.1, 0.15) is 5.84 Å². The highest BCUT2D eigenvalue weighted by molar-refractivity contribution is 6.21. The first-order valence-electron chi connectivity index (χ1n) is 7.65. The Hall–Kier alpha value is -2.49. The maximum Gasteiger partial charge on any atom is 0.175 e. The number of carbonyl (C=O) groups is 1. The molecular formula is C18H17N3O. The van der Waals surface area contributed by atoms with Crippen molar-refractivity contribution in [2.45, 2.75) is 19.8 Å². The summed E-state index contributed by atoms with van der Waals surface area (Å²) >= 11 is 0. The molecule has 0 amide bonds. The maximum absolute atomic E-state index is 12.7. The minimum Gasteiger partial charge on any atom is -0.329 e. The quantitative estimate of drug-likeness (QED) is 0.807. The van der Waals surface area contributed by atoms with Crippen LogP contribution in [0, 0.1) is 12.8 Å². The number of anilines is 1. The van der Waals surface area contributed by atoms with Gasteiger partial charge in [-0.3, -0.25) is 9.78 Å². The summed E-state index contributed by atoms with van der Waals surface area (Å²) in [6, 6.07) is 10.2. The van der Waals surface area contributed by atoms with E-state index in [2.05, 4.69) is 41.1 Å². The monoisotopic (exact) mass is 291 g/mol. The molecule has 0 saturated carbocycles. The van der Waals surface area contributed by atoms with Gasteiger partial charge in [-0.2, -0.15) is 0 Å². The molecule has 4 rings (SSSR count). The third-order valence-corrected chi connectivity index (χ3v) is 4.43. The number of ketones is 1. The number of fused-ring (bicyclic) bond motifs is 2. The molecule has 0 bridgehead atoms. The molecule has 2 aliphatic heterocycles. The van der Waals surface area contributed by atoms with Crippen LogP contribution >= 0.6 is 0 Å². The number of amidine groups is 1. The van der Waals surface area contributed by atoms with Crippen LogP contribution in [-0.2, 0) is 0 Å². The lowest BCUT2D eigenvalue weighted by Gasteiger charge is -2.37. The zero-order valence-electron chi connectivity index (χ0n) is 12.5. The van der Waals surface area contributed by atoms with Crippen molar-refractivity contribution < 1.29 is 4.79 Å². The lowest BCUT2D eigenvalue weighted by atomic mass is 9.86. The second kappa shape index (κ2) is 5.05. The van der Waals surface area contributed by atoms with Crippen LogP contribution in [0.1, 0.15) is 28.8 Å². The first-order chi connectivity index (χ1) is 10.7. The van der Waals surface area contributed by atoms with Gasteiger partial charge in [-0.15, -0.1) is 0 Å². The number of aliphatic imine (C=N–C) groups is 1. The molecule has 1 fully saturated rings. The summed E-state index contributed by atoms with van der Waals surface area (Å²) < 4.78 is 0. The third kappa shape index (κ3) is 2.03. The zero-order valence-corrected chi connectivity index (χ0v) is 12.5. The van der Waals surface area contributed by atoms with Crippen molar-refractivity contribution in [2.75, 3.05) is 11.4 Å². The molecule has 0 aliphatic carbocycles.